The molecule has 2 aromatic carbocycles. The number of amides is 1. The Morgan fingerprint density at radius 2 is 1.72 bits per heavy atom. The summed E-state index contributed by atoms with van der Waals surface area (Å²) in [5.41, 5.74) is 1.36. The molecule has 1 aliphatic rings. The average Bonchev–Trinajstić information content (AvgIpc) is 2.79. The second kappa shape index (κ2) is 7.97. The predicted octanol–water partition coefficient (Wildman–Crippen LogP) is 5.68. The molecule has 1 heterocycles. The van der Waals surface area contributed by atoms with E-state index in [0.29, 0.717) is 18.7 Å². The number of alkyl halides is 3. The number of ether oxygens (including phenoxy) is 1. The number of alkyl carbamates (subject to hydrolysis) is 1. The van der Waals surface area contributed by atoms with Crippen LogP contribution in [0.15, 0.2) is 48.5 Å². The van der Waals surface area contributed by atoms with Crippen LogP contribution in [0.4, 0.5) is 29.3 Å². The first-order chi connectivity index (χ1) is 13.5. The number of halogens is 3. The van der Waals surface area contributed by atoms with Gasteiger partial charge in [-0.3, -0.25) is 0 Å². The lowest BCUT2D eigenvalue weighted by molar-refractivity contribution is -0.137. The molecule has 1 atom stereocenters. The number of carbonyl (C=O) groups excluding carboxylic acids is 1. The fourth-order valence-corrected chi connectivity index (χ4v) is 3.39. The number of carbonyl (C=O) groups is 1. The molecule has 0 aliphatic carbocycles. The van der Waals surface area contributed by atoms with Gasteiger partial charge in [0, 0.05) is 17.9 Å². The van der Waals surface area contributed by atoms with E-state index in [0.717, 1.165) is 29.8 Å². The minimum absolute atomic E-state index is 0.209. The van der Waals surface area contributed by atoms with Gasteiger partial charge in [0.05, 0.1) is 11.6 Å². The molecule has 0 saturated heterocycles. The Hall–Kier alpha value is -2.70. The van der Waals surface area contributed by atoms with Gasteiger partial charge in [0.1, 0.15) is 5.60 Å². The van der Waals surface area contributed by atoms with Crippen molar-refractivity contribution in [3.05, 3.63) is 59.7 Å². The number of para-hydroxylation sites is 1. The second-order valence-electron chi connectivity index (χ2n) is 8.17. The van der Waals surface area contributed by atoms with E-state index >= 15 is 0 Å². The molecule has 156 valence electrons. The summed E-state index contributed by atoms with van der Waals surface area (Å²) in [5, 5.41) is 2.90. The first kappa shape index (κ1) is 21.0. The zero-order valence-electron chi connectivity index (χ0n) is 16.7. The van der Waals surface area contributed by atoms with E-state index in [4.69, 9.17) is 4.74 Å². The van der Waals surface area contributed by atoms with Crippen molar-refractivity contribution in [2.45, 2.75) is 51.4 Å². The minimum Gasteiger partial charge on any atom is -0.444 e. The van der Waals surface area contributed by atoms with Gasteiger partial charge in [0.15, 0.2) is 0 Å². The van der Waals surface area contributed by atoms with Crippen molar-refractivity contribution >= 4 is 17.5 Å². The van der Waals surface area contributed by atoms with Gasteiger partial charge in [-0.1, -0.05) is 18.2 Å². The topological polar surface area (TPSA) is 41.6 Å². The van der Waals surface area contributed by atoms with Crippen molar-refractivity contribution < 1.29 is 22.7 Å². The molecule has 4 nitrogen and oxygen atoms in total. The van der Waals surface area contributed by atoms with Gasteiger partial charge < -0.3 is 15.0 Å². The molecule has 1 N–H and O–H groups in total. The number of nitrogens with one attached hydrogen (secondary N) is 1. The first-order valence-electron chi connectivity index (χ1n) is 9.55. The molecule has 0 saturated carbocycles. The van der Waals surface area contributed by atoms with Crippen LogP contribution in [0, 0.1) is 0 Å². The Morgan fingerprint density at radius 3 is 2.34 bits per heavy atom. The van der Waals surface area contributed by atoms with Gasteiger partial charge in [-0.25, -0.2) is 4.79 Å². The maximum absolute atomic E-state index is 12.9. The maximum Gasteiger partial charge on any atom is 0.416 e. The molecule has 2 aromatic rings. The fraction of sp³-hybridized carbons (Fsp3) is 0.409. The van der Waals surface area contributed by atoms with Crippen molar-refractivity contribution in [2.75, 3.05) is 11.4 Å². The van der Waals surface area contributed by atoms with Crippen LogP contribution in [0.1, 0.15) is 38.3 Å². The molecule has 1 unspecified atom stereocenters. The Morgan fingerprint density at radius 1 is 1.07 bits per heavy atom. The van der Waals surface area contributed by atoms with Gasteiger partial charge in [0.2, 0.25) is 0 Å². The molecule has 0 aromatic heterocycles. The van der Waals surface area contributed by atoms with Crippen molar-refractivity contribution in [3.8, 4) is 0 Å². The summed E-state index contributed by atoms with van der Waals surface area (Å²) in [6.45, 7) is 5.82. The van der Waals surface area contributed by atoms with Crippen molar-refractivity contribution in [1.82, 2.24) is 5.32 Å². The Balaban J connectivity index is 1.87. The molecular formula is C22H25F3N2O2. The number of benzene rings is 2. The molecule has 29 heavy (non-hydrogen) atoms. The Labute approximate surface area is 168 Å². The number of hydrogen-bond acceptors (Lipinski definition) is 3. The van der Waals surface area contributed by atoms with Gasteiger partial charge in [-0.2, -0.15) is 13.2 Å². The molecule has 0 fully saturated rings. The monoisotopic (exact) mass is 406 g/mol. The van der Waals surface area contributed by atoms with Crippen LogP contribution >= 0.6 is 0 Å². The van der Waals surface area contributed by atoms with E-state index < -0.39 is 23.4 Å². The van der Waals surface area contributed by atoms with Crippen LogP contribution in [0.25, 0.3) is 0 Å². The van der Waals surface area contributed by atoms with Crippen molar-refractivity contribution in [2.24, 2.45) is 0 Å². The zero-order chi connectivity index (χ0) is 21.2. The summed E-state index contributed by atoms with van der Waals surface area (Å²) in [5.74, 6) is 0. The largest absolute Gasteiger partial charge is 0.444 e. The third-order valence-electron chi connectivity index (χ3n) is 4.67. The predicted molar refractivity (Wildman–Crippen MR) is 106 cm³/mol. The van der Waals surface area contributed by atoms with E-state index in [1.165, 1.54) is 12.1 Å². The van der Waals surface area contributed by atoms with Crippen molar-refractivity contribution in [3.63, 3.8) is 0 Å². The highest BCUT2D eigenvalue weighted by atomic mass is 19.4. The summed E-state index contributed by atoms with van der Waals surface area (Å²) in [6.07, 6.45) is -3.43. The van der Waals surface area contributed by atoms with Crippen LogP contribution in [0.5, 0.6) is 0 Å². The second-order valence-corrected chi connectivity index (χ2v) is 8.17. The molecule has 7 heteroatoms. The summed E-state index contributed by atoms with van der Waals surface area (Å²) < 4.78 is 44.2. The third kappa shape index (κ3) is 5.43. The SMILES string of the molecule is CC(C)(C)OC(=O)NC1CCc2ccccc2N(c2ccc(C(F)(F)F)cc2)C1. The lowest BCUT2D eigenvalue weighted by Crippen LogP contribution is -2.44. The van der Waals surface area contributed by atoms with E-state index in [2.05, 4.69) is 5.32 Å². The van der Waals surface area contributed by atoms with Crippen LogP contribution in [0.3, 0.4) is 0 Å². The van der Waals surface area contributed by atoms with Gasteiger partial charge in [0.25, 0.3) is 0 Å². The van der Waals surface area contributed by atoms with E-state index in [9.17, 15) is 18.0 Å². The first-order valence-corrected chi connectivity index (χ1v) is 9.55. The highest BCUT2D eigenvalue weighted by Gasteiger charge is 2.31. The van der Waals surface area contributed by atoms with E-state index in [-0.39, 0.29) is 6.04 Å². The van der Waals surface area contributed by atoms with E-state index in [1.807, 2.05) is 29.2 Å². The smallest absolute Gasteiger partial charge is 0.416 e. The van der Waals surface area contributed by atoms with Gasteiger partial charge in [-0.05, 0) is 69.5 Å². The van der Waals surface area contributed by atoms with E-state index in [1.54, 1.807) is 20.8 Å². The van der Waals surface area contributed by atoms with Gasteiger partial charge >= 0.3 is 12.3 Å². The maximum atomic E-state index is 12.9. The highest BCUT2D eigenvalue weighted by molar-refractivity contribution is 5.70. The summed E-state index contributed by atoms with van der Waals surface area (Å²) in [4.78, 5) is 14.2. The molecule has 0 spiro atoms. The highest BCUT2D eigenvalue weighted by Crippen LogP contribution is 2.35. The molecule has 1 aliphatic heterocycles. The molecule has 0 bridgehead atoms. The number of aryl methyl sites for hydroxylation is 1. The minimum atomic E-state index is -4.38. The third-order valence-corrected chi connectivity index (χ3v) is 4.67. The number of rotatable bonds is 2. The normalized spacial score (nSPS) is 17.3. The van der Waals surface area contributed by atoms with Crippen LogP contribution in [-0.2, 0) is 17.3 Å². The molecule has 0 radical (unpaired) electrons. The number of anilines is 2. The quantitative estimate of drug-likeness (QED) is 0.697. The summed E-state index contributed by atoms with van der Waals surface area (Å²) in [7, 11) is 0. The molecular weight excluding hydrogens is 381 g/mol. The average molecular weight is 406 g/mol. The summed E-state index contributed by atoms with van der Waals surface area (Å²) in [6, 6.07) is 12.7. The zero-order valence-corrected chi connectivity index (χ0v) is 16.7. The number of nitrogens with zero attached hydrogens (tertiary/aromatic N) is 1. The van der Waals surface area contributed by atoms with Crippen LogP contribution in [0.2, 0.25) is 0 Å². The van der Waals surface area contributed by atoms with Crippen molar-refractivity contribution in [1.29, 1.82) is 0 Å². The number of hydrogen-bond donors (Lipinski definition) is 1. The molecule has 3 rings (SSSR count). The summed E-state index contributed by atoms with van der Waals surface area (Å²) >= 11 is 0. The number of fused-ring (bicyclic) bond motifs is 1. The lowest BCUT2D eigenvalue weighted by Gasteiger charge is -2.29. The fourth-order valence-electron chi connectivity index (χ4n) is 3.39. The lowest BCUT2D eigenvalue weighted by atomic mass is 10.1. The Kier molecular flexibility index (Phi) is 5.78. The Bertz CT molecular complexity index is 858. The molecule has 1 amide bonds. The standard InChI is InChI=1S/C22H25F3N2O2/c1-21(2,3)29-20(28)26-17-11-8-15-6-4-5-7-19(15)27(14-17)18-12-9-16(10-13-18)22(23,24)25/h4-7,9-10,12-13,17H,8,11,14H2,1-3H3,(H,26,28). The van der Waals surface area contributed by atoms with Gasteiger partial charge in [-0.15, -0.1) is 0 Å². The van der Waals surface area contributed by atoms with Crippen LogP contribution < -0.4 is 10.2 Å². The van der Waals surface area contributed by atoms with Crippen LogP contribution in [-0.4, -0.2) is 24.3 Å².